The van der Waals surface area contributed by atoms with Crippen LogP contribution >= 0.6 is 23.5 Å². The van der Waals surface area contributed by atoms with E-state index in [1.807, 2.05) is 30.6 Å². The minimum absolute atomic E-state index is 0.371. The topological polar surface area (TPSA) is 51.0 Å². The highest BCUT2D eigenvalue weighted by molar-refractivity contribution is 8.07. The predicted octanol–water partition coefficient (Wildman–Crippen LogP) is 3.15. The highest BCUT2D eigenvalue weighted by Gasteiger charge is 2.30. The van der Waals surface area contributed by atoms with E-state index < -0.39 is 0 Å². The van der Waals surface area contributed by atoms with Gasteiger partial charge in [0, 0.05) is 28.7 Å². The average molecular weight is 316 g/mol. The Morgan fingerprint density at radius 2 is 2.10 bits per heavy atom. The molecular weight excluding hydrogens is 290 g/mol. The van der Waals surface area contributed by atoms with Crippen molar-refractivity contribution in [1.82, 2.24) is 15.5 Å². The lowest BCUT2D eigenvalue weighted by Gasteiger charge is -2.29. The van der Waals surface area contributed by atoms with Crippen molar-refractivity contribution < 1.29 is 4.52 Å². The van der Waals surface area contributed by atoms with Gasteiger partial charge in [0.25, 0.3) is 0 Å². The van der Waals surface area contributed by atoms with Crippen molar-refractivity contribution >= 4 is 23.5 Å². The molecule has 1 fully saturated rings. The van der Waals surface area contributed by atoms with Gasteiger partial charge in [0.15, 0.2) is 5.82 Å². The smallest absolute Gasteiger partial charge is 0.228 e. The van der Waals surface area contributed by atoms with Crippen LogP contribution in [0.1, 0.15) is 44.7 Å². The molecule has 0 bridgehead atoms. The van der Waals surface area contributed by atoms with E-state index >= 15 is 0 Å². The van der Waals surface area contributed by atoms with Crippen molar-refractivity contribution in [2.24, 2.45) is 5.92 Å². The zero-order valence-electron chi connectivity index (χ0n) is 12.9. The van der Waals surface area contributed by atoms with Crippen molar-refractivity contribution in [3.05, 3.63) is 11.7 Å². The number of thioether (sulfide) groups is 2. The third-order valence-corrected chi connectivity index (χ3v) is 7.28. The minimum atomic E-state index is 0.371. The molecule has 2 rings (SSSR count). The van der Waals surface area contributed by atoms with Crippen LogP contribution in [0.2, 0.25) is 0 Å². The maximum Gasteiger partial charge on any atom is 0.228 e. The summed E-state index contributed by atoms with van der Waals surface area (Å²) in [4.78, 5) is 4.61. The fraction of sp³-hybridized carbons (Fsp3) is 0.857. The van der Waals surface area contributed by atoms with Crippen LogP contribution in [0.3, 0.4) is 0 Å². The van der Waals surface area contributed by atoms with Gasteiger partial charge in [-0.1, -0.05) is 32.9 Å². The Kier molecular flexibility index (Phi) is 5.81. The summed E-state index contributed by atoms with van der Waals surface area (Å²) < 4.78 is 5.44. The second-order valence-electron chi connectivity index (χ2n) is 5.76. The van der Waals surface area contributed by atoms with E-state index in [1.165, 1.54) is 0 Å². The van der Waals surface area contributed by atoms with E-state index in [0.717, 1.165) is 23.9 Å². The fourth-order valence-corrected chi connectivity index (χ4v) is 5.09. The second kappa shape index (κ2) is 7.18. The lowest BCUT2D eigenvalue weighted by molar-refractivity contribution is 0.333. The van der Waals surface area contributed by atoms with Gasteiger partial charge in [-0.3, -0.25) is 0 Å². The lowest BCUT2D eigenvalue weighted by Crippen LogP contribution is -2.32. The molecule has 1 N–H and O–H groups in total. The van der Waals surface area contributed by atoms with Gasteiger partial charge in [0.2, 0.25) is 5.89 Å². The molecule has 0 saturated carbocycles. The van der Waals surface area contributed by atoms with Gasteiger partial charge in [-0.25, -0.2) is 0 Å². The first-order valence-electron chi connectivity index (χ1n) is 7.28. The molecule has 4 unspecified atom stereocenters. The van der Waals surface area contributed by atoms with Crippen LogP contribution in [0.5, 0.6) is 0 Å². The fourth-order valence-electron chi connectivity index (χ4n) is 2.26. The number of hydrogen-bond donors (Lipinski definition) is 1. The Bertz CT molecular complexity index is 424. The van der Waals surface area contributed by atoms with Gasteiger partial charge >= 0.3 is 0 Å². The maximum atomic E-state index is 5.44. The van der Waals surface area contributed by atoms with Gasteiger partial charge in [-0.15, -0.1) is 11.8 Å². The molecule has 1 aromatic rings. The third kappa shape index (κ3) is 3.92. The van der Waals surface area contributed by atoms with Gasteiger partial charge in [-0.2, -0.15) is 16.7 Å². The zero-order valence-corrected chi connectivity index (χ0v) is 14.6. The summed E-state index contributed by atoms with van der Waals surface area (Å²) in [6.45, 7) is 8.98. The van der Waals surface area contributed by atoms with E-state index in [0.29, 0.717) is 27.7 Å². The molecule has 0 amide bonds. The summed E-state index contributed by atoms with van der Waals surface area (Å²) in [5.74, 6) is 3.25. The predicted molar refractivity (Wildman–Crippen MR) is 87.4 cm³/mol. The normalized spacial score (nSPS) is 28.8. The lowest BCUT2D eigenvalue weighted by atomic mass is 10.0. The molecule has 4 atom stereocenters. The molecule has 1 aliphatic heterocycles. The number of hydrogen-bond acceptors (Lipinski definition) is 6. The Hall–Kier alpha value is -0.200. The molecule has 0 aliphatic carbocycles. The largest absolute Gasteiger partial charge is 0.339 e. The Morgan fingerprint density at radius 3 is 2.70 bits per heavy atom. The highest BCUT2D eigenvalue weighted by Crippen LogP contribution is 2.43. The molecule has 20 heavy (non-hydrogen) atoms. The number of nitrogens with one attached hydrogen (secondary N) is 1. The van der Waals surface area contributed by atoms with Crippen molar-refractivity contribution in [3.8, 4) is 0 Å². The molecule has 4 nitrogen and oxygen atoms in total. The van der Waals surface area contributed by atoms with Crippen LogP contribution in [0.4, 0.5) is 0 Å². The van der Waals surface area contributed by atoms with Crippen LogP contribution in [-0.2, 0) is 6.42 Å². The standard InChI is InChI=1S/C14H25N3OS2/c1-8(2)11(15-5)6-13-16-14(17-18-13)12-7-19-9(3)10(4)20-12/h8-12,15H,6-7H2,1-5H3. The number of rotatable bonds is 5. The van der Waals surface area contributed by atoms with Crippen molar-refractivity contribution in [2.75, 3.05) is 12.8 Å². The van der Waals surface area contributed by atoms with Crippen LogP contribution in [0, 0.1) is 5.92 Å². The van der Waals surface area contributed by atoms with E-state index in [-0.39, 0.29) is 0 Å². The van der Waals surface area contributed by atoms with Gasteiger partial charge in [0.1, 0.15) is 0 Å². The first-order chi connectivity index (χ1) is 9.51. The molecule has 114 valence electrons. The molecule has 0 spiro atoms. The minimum Gasteiger partial charge on any atom is -0.339 e. The summed E-state index contributed by atoms with van der Waals surface area (Å²) in [6, 6.07) is 0.385. The van der Waals surface area contributed by atoms with E-state index in [1.54, 1.807) is 0 Å². The van der Waals surface area contributed by atoms with Gasteiger partial charge < -0.3 is 9.84 Å². The molecule has 1 aliphatic rings. The summed E-state index contributed by atoms with van der Waals surface area (Å²) in [7, 11) is 1.98. The van der Waals surface area contributed by atoms with Crippen LogP contribution in [0.25, 0.3) is 0 Å². The summed E-state index contributed by atoms with van der Waals surface area (Å²) >= 11 is 3.98. The Morgan fingerprint density at radius 1 is 1.35 bits per heavy atom. The SMILES string of the molecule is CNC(Cc1nc(C2CSC(C)C(C)S2)no1)C(C)C. The Balaban J connectivity index is 1.98. The van der Waals surface area contributed by atoms with E-state index in [4.69, 9.17) is 4.52 Å². The number of likely N-dealkylation sites (N-methyl/N-ethyl adjacent to an activating group) is 1. The molecule has 1 aromatic heterocycles. The van der Waals surface area contributed by atoms with Crippen LogP contribution < -0.4 is 5.32 Å². The molecule has 2 heterocycles. The van der Waals surface area contributed by atoms with Crippen LogP contribution in [-0.4, -0.2) is 39.5 Å². The average Bonchev–Trinajstić information content (AvgIpc) is 2.87. The zero-order chi connectivity index (χ0) is 14.7. The Labute approximate surface area is 130 Å². The summed E-state index contributed by atoms with van der Waals surface area (Å²) in [5, 5.41) is 9.23. The van der Waals surface area contributed by atoms with Crippen LogP contribution in [0.15, 0.2) is 4.52 Å². The maximum absolute atomic E-state index is 5.44. The molecule has 0 radical (unpaired) electrons. The van der Waals surface area contributed by atoms with Gasteiger partial charge in [0.05, 0.1) is 5.25 Å². The first kappa shape index (κ1) is 16.2. The molecule has 1 saturated heterocycles. The molecule has 6 heteroatoms. The van der Waals surface area contributed by atoms with Gasteiger partial charge in [-0.05, 0) is 13.0 Å². The molecular formula is C14H25N3OS2. The van der Waals surface area contributed by atoms with Crippen molar-refractivity contribution in [3.63, 3.8) is 0 Å². The van der Waals surface area contributed by atoms with Crippen molar-refractivity contribution in [1.29, 1.82) is 0 Å². The first-order valence-corrected chi connectivity index (χ1v) is 9.27. The summed E-state index contributed by atoms with van der Waals surface area (Å²) in [5.41, 5.74) is 0. The quantitative estimate of drug-likeness (QED) is 0.901. The second-order valence-corrected chi connectivity index (χ2v) is 8.75. The van der Waals surface area contributed by atoms with E-state index in [9.17, 15) is 0 Å². The number of aromatic nitrogens is 2. The highest BCUT2D eigenvalue weighted by atomic mass is 32.2. The van der Waals surface area contributed by atoms with Crippen molar-refractivity contribution in [2.45, 2.75) is 55.9 Å². The molecule has 0 aromatic carbocycles. The third-order valence-electron chi connectivity index (χ3n) is 3.89. The summed E-state index contributed by atoms with van der Waals surface area (Å²) in [6.07, 6.45) is 0.803. The number of nitrogens with zero attached hydrogens (tertiary/aromatic N) is 2. The monoisotopic (exact) mass is 315 g/mol. The van der Waals surface area contributed by atoms with E-state index in [2.05, 4.69) is 43.2 Å².